The Kier molecular flexibility index (Phi) is 11.2. The molecule has 29 heavy (non-hydrogen) atoms. The number of ether oxygens (including phenoxy) is 5. The monoisotopic (exact) mass is 418 g/mol. The summed E-state index contributed by atoms with van der Waals surface area (Å²) < 4.78 is 27.0. The molecule has 6 atom stereocenters. The molecule has 1 aliphatic heterocycles. The van der Waals surface area contributed by atoms with Crippen LogP contribution in [0.5, 0.6) is 0 Å². The number of unbranched alkanes of at least 4 members (excludes halogenated alkanes) is 1. The molecule has 0 aromatic heterocycles. The van der Waals surface area contributed by atoms with Gasteiger partial charge >= 0.3 is 17.9 Å². The Labute approximate surface area is 172 Å². The lowest BCUT2D eigenvalue weighted by atomic mass is 9.98. The molecule has 0 aliphatic carbocycles. The minimum atomic E-state index is -1.37. The van der Waals surface area contributed by atoms with E-state index in [0.29, 0.717) is 6.61 Å². The van der Waals surface area contributed by atoms with Crippen LogP contribution in [-0.2, 0) is 38.1 Å². The second-order valence-electron chi connectivity index (χ2n) is 7.23. The van der Waals surface area contributed by atoms with E-state index in [1.165, 1.54) is 20.8 Å². The summed E-state index contributed by atoms with van der Waals surface area (Å²) in [5.74, 6) is -1.57. The Bertz CT molecular complexity index is 536. The fraction of sp³-hybridized carbons (Fsp3) is 0.850. The number of esters is 3. The number of hydrogen-bond donors (Lipinski definition) is 1. The Hall–Kier alpha value is -1.71. The Morgan fingerprint density at radius 3 is 2.14 bits per heavy atom. The van der Waals surface area contributed by atoms with Crippen molar-refractivity contribution >= 4 is 17.9 Å². The lowest BCUT2D eigenvalue weighted by molar-refractivity contribution is -0.307. The number of aliphatic hydroxyl groups excluding tert-OH is 1. The van der Waals surface area contributed by atoms with Crippen LogP contribution in [0.15, 0.2) is 0 Å². The predicted molar refractivity (Wildman–Crippen MR) is 102 cm³/mol. The molecule has 168 valence electrons. The van der Waals surface area contributed by atoms with Gasteiger partial charge in [-0.15, -0.1) is 0 Å². The van der Waals surface area contributed by atoms with E-state index in [2.05, 4.69) is 13.8 Å². The standard InChI is InChI=1S/C20H34O9/c1-6-8-9-15(7-2)10-26-20-17(24)19(28-14(5)23)18(27-13(4)22)16(29-20)11-25-12(3)21/h15-20,24H,6-11H2,1-5H3/t15?,16-,17-,18+,19-,20+/m1/s1. The van der Waals surface area contributed by atoms with E-state index in [-0.39, 0.29) is 12.5 Å². The maximum Gasteiger partial charge on any atom is 0.303 e. The van der Waals surface area contributed by atoms with Gasteiger partial charge in [-0.3, -0.25) is 14.4 Å². The first-order valence-electron chi connectivity index (χ1n) is 10.1. The molecule has 1 rings (SSSR count). The zero-order valence-electron chi connectivity index (χ0n) is 17.9. The van der Waals surface area contributed by atoms with Crippen LogP contribution < -0.4 is 0 Å². The van der Waals surface area contributed by atoms with Gasteiger partial charge in [0.15, 0.2) is 18.5 Å². The van der Waals surface area contributed by atoms with Crippen LogP contribution in [0.1, 0.15) is 60.3 Å². The van der Waals surface area contributed by atoms with Gasteiger partial charge in [0, 0.05) is 20.8 Å². The average molecular weight is 418 g/mol. The third kappa shape index (κ3) is 8.67. The summed E-state index contributed by atoms with van der Waals surface area (Å²) in [4.78, 5) is 34.3. The van der Waals surface area contributed by atoms with Crippen LogP contribution in [0.3, 0.4) is 0 Å². The van der Waals surface area contributed by atoms with Crippen LogP contribution in [0.25, 0.3) is 0 Å². The largest absolute Gasteiger partial charge is 0.463 e. The minimum absolute atomic E-state index is 0.245. The molecule has 0 spiro atoms. The molecule has 0 aromatic rings. The number of aliphatic hydroxyl groups is 1. The van der Waals surface area contributed by atoms with Gasteiger partial charge < -0.3 is 28.8 Å². The van der Waals surface area contributed by atoms with Gasteiger partial charge in [-0.2, -0.15) is 0 Å². The third-order valence-electron chi connectivity index (χ3n) is 4.71. The van der Waals surface area contributed by atoms with Crippen LogP contribution in [0, 0.1) is 5.92 Å². The molecule has 1 aliphatic rings. The second-order valence-corrected chi connectivity index (χ2v) is 7.23. The molecule has 1 fully saturated rings. The van der Waals surface area contributed by atoms with Crippen molar-refractivity contribution in [3.05, 3.63) is 0 Å². The zero-order valence-corrected chi connectivity index (χ0v) is 17.9. The van der Waals surface area contributed by atoms with Gasteiger partial charge in [0.2, 0.25) is 0 Å². The van der Waals surface area contributed by atoms with Crippen molar-refractivity contribution in [2.24, 2.45) is 5.92 Å². The van der Waals surface area contributed by atoms with Gasteiger partial charge in [0.05, 0.1) is 6.61 Å². The lowest BCUT2D eigenvalue weighted by Gasteiger charge is -2.43. The van der Waals surface area contributed by atoms with E-state index < -0.39 is 48.6 Å². The van der Waals surface area contributed by atoms with E-state index in [4.69, 9.17) is 23.7 Å². The van der Waals surface area contributed by atoms with Crippen LogP contribution >= 0.6 is 0 Å². The number of carbonyl (C=O) groups excluding carboxylic acids is 3. The molecule has 1 N–H and O–H groups in total. The molecule has 9 nitrogen and oxygen atoms in total. The molecular formula is C20H34O9. The molecule has 0 saturated carbocycles. The van der Waals surface area contributed by atoms with E-state index in [0.717, 1.165) is 25.7 Å². The highest BCUT2D eigenvalue weighted by Gasteiger charge is 2.50. The molecule has 1 saturated heterocycles. The molecule has 0 aromatic carbocycles. The Balaban J connectivity index is 2.97. The maximum atomic E-state index is 11.6. The fourth-order valence-electron chi connectivity index (χ4n) is 3.15. The first-order valence-corrected chi connectivity index (χ1v) is 10.1. The highest BCUT2D eigenvalue weighted by molar-refractivity contribution is 5.67. The highest BCUT2D eigenvalue weighted by atomic mass is 16.7. The fourth-order valence-corrected chi connectivity index (χ4v) is 3.15. The second kappa shape index (κ2) is 12.8. The Morgan fingerprint density at radius 1 is 1.00 bits per heavy atom. The molecule has 9 heteroatoms. The van der Waals surface area contributed by atoms with Gasteiger partial charge in [0.25, 0.3) is 0 Å². The van der Waals surface area contributed by atoms with Crippen molar-refractivity contribution < 1.29 is 43.2 Å². The molecule has 0 bridgehead atoms. The quantitative estimate of drug-likeness (QED) is 0.395. The van der Waals surface area contributed by atoms with Crippen LogP contribution in [-0.4, -0.2) is 66.9 Å². The van der Waals surface area contributed by atoms with Gasteiger partial charge in [0.1, 0.15) is 18.8 Å². The summed E-state index contributed by atoms with van der Waals surface area (Å²) in [7, 11) is 0. The van der Waals surface area contributed by atoms with Gasteiger partial charge in [-0.05, 0) is 12.3 Å². The number of hydrogen-bond acceptors (Lipinski definition) is 9. The smallest absolute Gasteiger partial charge is 0.303 e. The molecular weight excluding hydrogens is 384 g/mol. The van der Waals surface area contributed by atoms with Crippen molar-refractivity contribution in [1.82, 2.24) is 0 Å². The van der Waals surface area contributed by atoms with Crippen molar-refractivity contribution in [1.29, 1.82) is 0 Å². The van der Waals surface area contributed by atoms with E-state index >= 15 is 0 Å². The summed E-state index contributed by atoms with van der Waals surface area (Å²) in [6, 6.07) is 0. The summed E-state index contributed by atoms with van der Waals surface area (Å²) in [5.41, 5.74) is 0. The summed E-state index contributed by atoms with van der Waals surface area (Å²) in [6.07, 6.45) is -1.80. The molecule has 1 unspecified atom stereocenters. The number of rotatable bonds is 11. The SMILES string of the molecule is CCCCC(CC)CO[C@H]1O[C@H](COC(C)=O)[C@H](OC(C)=O)[C@H](OC(C)=O)[C@H]1O. The average Bonchev–Trinajstić information content (AvgIpc) is 2.64. The van der Waals surface area contributed by atoms with E-state index in [9.17, 15) is 19.5 Å². The summed E-state index contributed by atoms with van der Waals surface area (Å²) in [6.45, 7) is 7.87. The summed E-state index contributed by atoms with van der Waals surface area (Å²) >= 11 is 0. The summed E-state index contributed by atoms with van der Waals surface area (Å²) in [5, 5.41) is 10.7. The molecule has 1 heterocycles. The topological polar surface area (TPSA) is 118 Å². The maximum absolute atomic E-state index is 11.6. The van der Waals surface area contributed by atoms with Crippen molar-refractivity contribution in [3.8, 4) is 0 Å². The van der Waals surface area contributed by atoms with Crippen molar-refractivity contribution in [2.45, 2.75) is 91.0 Å². The predicted octanol–water partition coefficient (Wildman–Crippen LogP) is 1.73. The van der Waals surface area contributed by atoms with E-state index in [1.54, 1.807) is 0 Å². The van der Waals surface area contributed by atoms with Crippen LogP contribution in [0.4, 0.5) is 0 Å². The first-order chi connectivity index (χ1) is 13.7. The van der Waals surface area contributed by atoms with Crippen molar-refractivity contribution in [3.63, 3.8) is 0 Å². The highest BCUT2D eigenvalue weighted by Crippen LogP contribution is 2.28. The first kappa shape index (κ1) is 25.3. The van der Waals surface area contributed by atoms with Crippen molar-refractivity contribution in [2.75, 3.05) is 13.2 Å². The normalized spacial score (nSPS) is 27.7. The lowest BCUT2D eigenvalue weighted by Crippen LogP contribution is -2.62. The third-order valence-corrected chi connectivity index (χ3v) is 4.71. The van der Waals surface area contributed by atoms with Gasteiger partial charge in [-0.1, -0.05) is 33.1 Å². The van der Waals surface area contributed by atoms with Crippen LogP contribution in [0.2, 0.25) is 0 Å². The molecule has 0 radical (unpaired) electrons. The number of carbonyl (C=O) groups is 3. The Morgan fingerprint density at radius 2 is 1.62 bits per heavy atom. The van der Waals surface area contributed by atoms with Gasteiger partial charge in [-0.25, -0.2) is 0 Å². The minimum Gasteiger partial charge on any atom is -0.463 e. The van der Waals surface area contributed by atoms with E-state index in [1.807, 2.05) is 0 Å². The zero-order chi connectivity index (χ0) is 22.0. The molecule has 0 amide bonds.